The normalized spacial score (nSPS) is 21.7. The van der Waals surface area contributed by atoms with E-state index in [0.29, 0.717) is 12.0 Å². The molecule has 5 nitrogen and oxygen atoms in total. The van der Waals surface area contributed by atoms with Gasteiger partial charge in [-0.3, -0.25) is 9.99 Å². The zero-order chi connectivity index (χ0) is 20.8. The van der Waals surface area contributed by atoms with Crippen molar-refractivity contribution in [3.05, 3.63) is 87.6 Å². The first-order chi connectivity index (χ1) is 14.5. The number of nitrogens with zero attached hydrogens (tertiary/aromatic N) is 3. The van der Waals surface area contributed by atoms with Crippen molar-refractivity contribution >= 4 is 29.5 Å². The molecular weight excluding hydrogens is 394 g/mol. The molecule has 0 radical (unpaired) electrons. The van der Waals surface area contributed by atoms with E-state index in [4.69, 9.17) is 5.10 Å². The van der Waals surface area contributed by atoms with Gasteiger partial charge in [0.05, 0.1) is 23.0 Å². The van der Waals surface area contributed by atoms with E-state index >= 15 is 0 Å². The van der Waals surface area contributed by atoms with Gasteiger partial charge in [-0.05, 0) is 42.3 Å². The zero-order valence-corrected chi connectivity index (χ0v) is 17.6. The SMILES string of the molecule is Cc1ccc(SC2=CC=CC3C(C4=Cc5nccc(C(=O)O)c5C4)=NN(C)C23)cc1. The van der Waals surface area contributed by atoms with Gasteiger partial charge in [0, 0.05) is 35.4 Å². The van der Waals surface area contributed by atoms with Gasteiger partial charge in [-0.15, -0.1) is 0 Å². The molecule has 0 fully saturated rings. The van der Waals surface area contributed by atoms with E-state index in [1.165, 1.54) is 15.4 Å². The molecule has 1 aliphatic heterocycles. The Balaban J connectivity index is 1.41. The van der Waals surface area contributed by atoms with Crippen LogP contribution in [0.3, 0.4) is 0 Å². The number of hydrogen-bond acceptors (Lipinski definition) is 5. The smallest absolute Gasteiger partial charge is 0.336 e. The fraction of sp³-hybridized carbons (Fsp3) is 0.208. The molecule has 0 saturated carbocycles. The van der Waals surface area contributed by atoms with Crippen LogP contribution in [-0.4, -0.2) is 39.9 Å². The monoisotopic (exact) mass is 415 g/mol. The number of aromatic carboxylic acids is 1. The highest BCUT2D eigenvalue weighted by Crippen LogP contribution is 2.42. The summed E-state index contributed by atoms with van der Waals surface area (Å²) < 4.78 is 0. The number of rotatable bonds is 4. The van der Waals surface area contributed by atoms with Crippen molar-refractivity contribution in [2.24, 2.45) is 11.0 Å². The van der Waals surface area contributed by atoms with Crippen LogP contribution in [0.1, 0.15) is 27.2 Å². The zero-order valence-electron chi connectivity index (χ0n) is 16.7. The van der Waals surface area contributed by atoms with E-state index in [0.717, 1.165) is 22.5 Å². The topological polar surface area (TPSA) is 65.8 Å². The van der Waals surface area contributed by atoms with Gasteiger partial charge >= 0.3 is 5.97 Å². The summed E-state index contributed by atoms with van der Waals surface area (Å²) in [5, 5.41) is 16.4. The van der Waals surface area contributed by atoms with Crippen LogP contribution in [-0.2, 0) is 6.42 Å². The summed E-state index contributed by atoms with van der Waals surface area (Å²) in [4.78, 5) is 18.4. The summed E-state index contributed by atoms with van der Waals surface area (Å²) in [6, 6.07) is 10.3. The predicted octanol–water partition coefficient (Wildman–Crippen LogP) is 4.56. The number of benzene rings is 1. The Hall–Kier alpha value is -3.12. The molecule has 0 spiro atoms. The Labute approximate surface area is 179 Å². The summed E-state index contributed by atoms with van der Waals surface area (Å²) in [5.74, 6) is -0.772. The number of carbonyl (C=O) groups is 1. The Morgan fingerprint density at radius 2 is 2.03 bits per heavy atom. The minimum Gasteiger partial charge on any atom is -0.478 e. The van der Waals surface area contributed by atoms with Crippen molar-refractivity contribution in [1.29, 1.82) is 0 Å². The maximum Gasteiger partial charge on any atom is 0.336 e. The summed E-state index contributed by atoms with van der Waals surface area (Å²) in [6.45, 7) is 2.09. The second kappa shape index (κ2) is 7.29. The van der Waals surface area contributed by atoms with Gasteiger partial charge in [0.2, 0.25) is 0 Å². The van der Waals surface area contributed by atoms with E-state index < -0.39 is 5.97 Å². The highest BCUT2D eigenvalue weighted by atomic mass is 32.2. The molecule has 1 N–H and O–H groups in total. The maximum atomic E-state index is 11.6. The van der Waals surface area contributed by atoms with Crippen molar-refractivity contribution in [2.75, 3.05) is 7.05 Å². The summed E-state index contributed by atoms with van der Waals surface area (Å²) in [6.07, 6.45) is 10.6. The third kappa shape index (κ3) is 3.17. The number of fused-ring (bicyclic) bond motifs is 2. The minimum absolute atomic E-state index is 0.141. The molecule has 3 aliphatic rings. The van der Waals surface area contributed by atoms with E-state index in [9.17, 15) is 9.90 Å². The predicted molar refractivity (Wildman–Crippen MR) is 120 cm³/mol. The molecule has 2 aromatic rings. The number of carboxylic acids is 1. The van der Waals surface area contributed by atoms with Crippen LogP contribution in [0.2, 0.25) is 0 Å². The van der Waals surface area contributed by atoms with Gasteiger partial charge < -0.3 is 5.11 Å². The molecule has 2 heterocycles. The van der Waals surface area contributed by atoms with Crippen LogP contribution in [0.25, 0.3) is 6.08 Å². The molecule has 30 heavy (non-hydrogen) atoms. The molecule has 0 amide bonds. The number of aryl methyl sites for hydroxylation is 1. The lowest BCUT2D eigenvalue weighted by Gasteiger charge is -2.28. The van der Waals surface area contributed by atoms with Gasteiger partial charge in [-0.2, -0.15) is 5.10 Å². The van der Waals surface area contributed by atoms with E-state index in [1.807, 2.05) is 18.1 Å². The quantitative estimate of drug-likeness (QED) is 0.793. The van der Waals surface area contributed by atoms with Crippen molar-refractivity contribution < 1.29 is 9.90 Å². The van der Waals surface area contributed by atoms with Crippen molar-refractivity contribution in [3.63, 3.8) is 0 Å². The van der Waals surface area contributed by atoms with Gasteiger partial charge in [0.15, 0.2) is 0 Å². The molecular formula is C24H21N3O2S. The molecule has 150 valence electrons. The lowest BCUT2D eigenvalue weighted by Crippen LogP contribution is -2.32. The number of carboxylic acid groups (broad SMARTS) is 1. The second-order valence-corrected chi connectivity index (χ2v) is 8.92. The van der Waals surface area contributed by atoms with Crippen molar-refractivity contribution in [1.82, 2.24) is 9.99 Å². The highest BCUT2D eigenvalue weighted by molar-refractivity contribution is 8.03. The van der Waals surface area contributed by atoms with E-state index in [-0.39, 0.29) is 12.0 Å². The lowest BCUT2D eigenvalue weighted by molar-refractivity contribution is 0.0695. The molecule has 0 bridgehead atoms. The Bertz CT molecular complexity index is 1160. The van der Waals surface area contributed by atoms with E-state index in [2.05, 4.69) is 54.4 Å². The fourth-order valence-corrected chi connectivity index (χ4v) is 5.42. The third-order valence-corrected chi connectivity index (χ3v) is 6.90. The van der Waals surface area contributed by atoms with Gasteiger partial charge in [-0.1, -0.05) is 47.7 Å². The molecule has 1 aromatic carbocycles. The van der Waals surface area contributed by atoms with Crippen molar-refractivity contribution in [2.45, 2.75) is 24.3 Å². The molecule has 6 heteroatoms. The van der Waals surface area contributed by atoms with Gasteiger partial charge in [-0.25, -0.2) is 4.79 Å². The Morgan fingerprint density at radius 1 is 1.23 bits per heavy atom. The first-order valence-corrected chi connectivity index (χ1v) is 10.7. The summed E-state index contributed by atoms with van der Waals surface area (Å²) in [7, 11) is 2.01. The summed E-state index contributed by atoms with van der Waals surface area (Å²) in [5.41, 5.74) is 5.14. The number of aromatic nitrogens is 1. The number of hydrogen-bond donors (Lipinski definition) is 1. The number of pyridine rings is 1. The second-order valence-electron chi connectivity index (χ2n) is 7.77. The Morgan fingerprint density at radius 3 is 2.80 bits per heavy atom. The number of thioether (sulfide) groups is 1. The van der Waals surface area contributed by atoms with Gasteiger partial charge in [0.1, 0.15) is 0 Å². The fourth-order valence-electron chi connectivity index (χ4n) is 4.31. The van der Waals surface area contributed by atoms with Crippen LogP contribution in [0, 0.1) is 12.8 Å². The standard InChI is InChI=1S/C24H21N3O2S/c1-14-6-8-16(9-7-14)30-21-5-3-4-18-22(26-27(2)23(18)21)15-12-19-17(24(28)29)10-11-25-20(19)13-15/h3-11,13,18,23H,12H2,1-2H3,(H,28,29). The molecule has 2 unspecified atom stereocenters. The molecule has 1 aromatic heterocycles. The van der Waals surface area contributed by atoms with Crippen LogP contribution in [0.15, 0.2) is 75.2 Å². The van der Waals surface area contributed by atoms with Crippen LogP contribution >= 0.6 is 11.8 Å². The van der Waals surface area contributed by atoms with Gasteiger partial charge in [0.25, 0.3) is 0 Å². The molecule has 0 saturated heterocycles. The van der Waals surface area contributed by atoms with Crippen LogP contribution in [0.5, 0.6) is 0 Å². The lowest BCUT2D eigenvalue weighted by atomic mass is 9.87. The molecule has 5 rings (SSSR count). The maximum absolute atomic E-state index is 11.6. The first kappa shape index (κ1) is 18.9. The van der Waals surface area contributed by atoms with E-state index in [1.54, 1.807) is 24.0 Å². The number of likely N-dealkylation sites (N-methyl/N-ethyl adjacent to an activating group) is 1. The van der Waals surface area contributed by atoms with Crippen molar-refractivity contribution in [3.8, 4) is 0 Å². The third-order valence-electron chi connectivity index (χ3n) is 5.78. The minimum atomic E-state index is -0.913. The highest BCUT2D eigenvalue weighted by Gasteiger charge is 2.40. The largest absolute Gasteiger partial charge is 0.478 e. The average Bonchev–Trinajstić information content (AvgIpc) is 3.31. The van der Waals surface area contributed by atoms with Crippen LogP contribution in [0.4, 0.5) is 0 Å². The first-order valence-electron chi connectivity index (χ1n) is 9.87. The molecule has 2 atom stereocenters. The van der Waals surface area contributed by atoms with Crippen LogP contribution < -0.4 is 0 Å². The average molecular weight is 416 g/mol. The Kier molecular flexibility index (Phi) is 4.59. The molecule has 2 aliphatic carbocycles. The number of hydrazone groups is 1. The summed E-state index contributed by atoms with van der Waals surface area (Å²) >= 11 is 1.78. The number of allylic oxidation sites excluding steroid dienone is 3.